The van der Waals surface area contributed by atoms with Gasteiger partial charge >= 0.3 is 0 Å². The van der Waals surface area contributed by atoms with Crippen molar-refractivity contribution in [2.45, 2.75) is 13.1 Å². The Bertz CT molecular complexity index is 879. The number of methoxy groups -OCH3 is 2. The fourth-order valence-corrected chi connectivity index (χ4v) is 2.39. The third-order valence-corrected chi connectivity index (χ3v) is 3.81. The van der Waals surface area contributed by atoms with Crippen molar-refractivity contribution in [3.05, 3.63) is 66.0 Å². The molecule has 0 saturated carbocycles. The van der Waals surface area contributed by atoms with E-state index < -0.39 is 0 Å². The zero-order chi connectivity index (χ0) is 19.1. The summed E-state index contributed by atoms with van der Waals surface area (Å²) in [5, 5.41) is 5.87. The van der Waals surface area contributed by atoms with E-state index in [1.54, 1.807) is 26.5 Å². The fraction of sp³-hybridized carbons (Fsp3) is 0.211. The molecule has 0 atom stereocenters. The number of carbonyl (C=O) groups is 1. The van der Waals surface area contributed by atoms with Gasteiger partial charge in [0, 0.05) is 6.54 Å². The number of hydrogen-bond acceptors (Lipinski definition) is 7. The Labute approximate surface area is 156 Å². The van der Waals surface area contributed by atoms with E-state index in [1.807, 2.05) is 24.3 Å². The van der Waals surface area contributed by atoms with Crippen LogP contribution in [0.3, 0.4) is 0 Å². The lowest BCUT2D eigenvalue weighted by Gasteiger charge is -2.10. The van der Waals surface area contributed by atoms with E-state index in [0.29, 0.717) is 30.4 Å². The molecule has 0 spiro atoms. The summed E-state index contributed by atoms with van der Waals surface area (Å²) in [7, 11) is 3.14. The Morgan fingerprint density at radius 2 is 1.93 bits per heavy atom. The lowest BCUT2D eigenvalue weighted by molar-refractivity contribution is 0.0945. The zero-order valence-electron chi connectivity index (χ0n) is 15.1. The first-order chi connectivity index (χ1) is 13.2. The van der Waals surface area contributed by atoms with Crippen LogP contribution in [0.1, 0.15) is 21.8 Å². The van der Waals surface area contributed by atoms with Crippen LogP contribution >= 0.6 is 0 Å². The fourth-order valence-electron chi connectivity index (χ4n) is 2.39. The molecule has 2 aromatic heterocycles. The molecule has 27 heavy (non-hydrogen) atoms. The minimum Gasteiger partial charge on any atom is -0.493 e. The van der Waals surface area contributed by atoms with Gasteiger partial charge in [-0.1, -0.05) is 6.07 Å². The molecular weight excluding hydrogens is 348 g/mol. The Hall–Kier alpha value is -3.55. The summed E-state index contributed by atoms with van der Waals surface area (Å²) in [6.45, 7) is 0.825. The maximum Gasteiger partial charge on any atom is 0.271 e. The Kier molecular flexibility index (Phi) is 5.88. The van der Waals surface area contributed by atoms with Crippen molar-refractivity contribution in [2.24, 2.45) is 0 Å². The summed E-state index contributed by atoms with van der Waals surface area (Å²) < 4.78 is 15.7. The second kappa shape index (κ2) is 8.70. The van der Waals surface area contributed by atoms with Crippen LogP contribution in [0.15, 0.2) is 53.4 Å². The molecule has 3 rings (SSSR count). The normalized spacial score (nSPS) is 10.3. The van der Waals surface area contributed by atoms with Crippen molar-refractivity contribution >= 4 is 11.7 Å². The maximum absolute atomic E-state index is 12.2. The lowest BCUT2D eigenvalue weighted by Crippen LogP contribution is -2.24. The first-order valence-electron chi connectivity index (χ1n) is 8.27. The van der Waals surface area contributed by atoms with Gasteiger partial charge in [-0.05, 0) is 29.8 Å². The van der Waals surface area contributed by atoms with Crippen molar-refractivity contribution in [3.63, 3.8) is 0 Å². The van der Waals surface area contributed by atoms with E-state index in [9.17, 15) is 4.79 Å². The highest BCUT2D eigenvalue weighted by Crippen LogP contribution is 2.27. The molecule has 0 bridgehead atoms. The molecule has 1 amide bonds. The molecule has 3 aromatic rings. The van der Waals surface area contributed by atoms with E-state index in [1.165, 1.54) is 12.4 Å². The summed E-state index contributed by atoms with van der Waals surface area (Å²) in [4.78, 5) is 20.6. The molecular formula is C19H20N4O4. The third kappa shape index (κ3) is 4.75. The summed E-state index contributed by atoms with van der Waals surface area (Å²) in [6, 6.07) is 9.13. The molecule has 0 aliphatic carbocycles. The Balaban J connectivity index is 1.54. The van der Waals surface area contributed by atoms with Crippen molar-refractivity contribution in [1.82, 2.24) is 15.3 Å². The van der Waals surface area contributed by atoms with E-state index in [0.717, 1.165) is 11.3 Å². The summed E-state index contributed by atoms with van der Waals surface area (Å²) in [5.74, 6) is 2.28. The van der Waals surface area contributed by atoms with E-state index >= 15 is 0 Å². The van der Waals surface area contributed by atoms with Crippen LogP contribution in [-0.2, 0) is 13.1 Å². The van der Waals surface area contributed by atoms with Gasteiger partial charge in [0.15, 0.2) is 11.5 Å². The first-order valence-corrected chi connectivity index (χ1v) is 8.27. The number of nitrogens with zero attached hydrogens (tertiary/aromatic N) is 2. The van der Waals surface area contributed by atoms with Crippen LogP contribution < -0.4 is 20.1 Å². The predicted molar refractivity (Wildman–Crippen MR) is 98.8 cm³/mol. The molecule has 0 radical (unpaired) electrons. The first kappa shape index (κ1) is 18.2. The number of anilines is 1. The van der Waals surface area contributed by atoms with E-state index in [4.69, 9.17) is 13.9 Å². The summed E-state index contributed by atoms with van der Waals surface area (Å²) in [6.07, 6.45) is 4.54. The Morgan fingerprint density at radius 3 is 2.59 bits per heavy atom. The van der Waals surface area contributed by atoms with Gasteiger partial charge in [-0.2, -0.15) is 0 Å². The molecule has 0 saturated heterocycles. The number of furan rings is 1. The number of carbonyl (C=O) groups excluding carboxylic acids is 1. The standard InChI is InChI=1S/C19H20N4O4/c1-25-16-6-5-13(8-17(16)26-2)9-23-19(24)15-11-22-18(12-20-15)21-10-14-4-3-7-27-14/h3-8,11-12H,9-10H2,1-2H3,(H,21,22)(H,23,24). The molecule has 1 aromatic carbocycles. The van der Waals surface area contributed by atoms with Gasteiger partial charge in [0.05, 0.1) is 39.4 Å². The van der Waals surface area contributed by atoms with Gasteiger partial charge in [0.1, 0.15) is 17.3 Å². The molecule has 0 aliphatic rings. The highest BCUT2D eigenvalue weighted by molar-refractivity contribution is 5.91. The van der Waals surface area contributed by atoms with Crippen LogP contribution in [0.4, 0.5) is 5.82 Å². The number of ether oxygens (including phenoxy) is 2. The lowest BCUT2D eigenvalue weighted by atomic mass is 10.2. The number of benzene rings is 1. The predicted octanol–water partition coefficient (Wildman–Crippen LogP) is 2.63. The second-order valence-corrected chi connectivity index (χ2v) is 5.59. The summed E-state index contributed by atoms with van der Waals surface area (Å²) >= 11 is 0. The van der Waals surface area contributed by atoms with Gasteiger partial charge in [0.25, 0.3) is 5.91 Å². The van der Waals surface area contributed by atoms with Gasteiger partial charge in [-0.15, -0.1) is 0 Å². The number of hydrogen-bond donors (Lipinski definition) is 2. The Morgan fingerprint density at radius 1 is 1.07 bits per heavy atom. The van der Waals surface area contributed by atoms with E-state index in [-0.39, 0.29) is 11.6 Å². The molecule has 2 N–H and O–H groups in total. The molecule has 0 aliphatic heterocycles. The maximum atomic E-state index is 12.2. The van der Waals surface area contributed by atoms with E-state index in [2.05, 4.69) is 20.6 Å². The van der Waals surface area contributed by atoms with Crippen molar-refractivity contribution in [1.29, 1.82) is 0 Å². The quantitative estimate of drug-likeness (QED) is 0.630. The molecule has 0 unspecified atom stereocenters. The highest BCUT2D eigenvalue weighted by atomic mass is 16.5. The number of rotatable bonds is 8. The molecule has 2 heterocycles. The third-order valence-electron chi connectivity index (χ3n) is 3.81. The summed E-state index contributed by atoms with van der Waals surface area (Å²) in [5.41, 5.74) is 1.12. The molecule has 8 nitrogen and oxygen atoms in total. The average molecular weight is 368 g/mol. The smallest absolute Gasteiger partial charge is 0.271 e. The van der Waals surface area contributed by atoms with Gasteiger partial charge < -0.3 is 24.5 Å². The zero-order valence-corrected chi connectivity index (χ0v) is 15.1. The van der Waals surface area contributed by atoms with Gasteiger partial charge in [-0.3, -0.25) is 4.79 Å². The highest BCUT2D eigenvalue weighted by Gasteiger charge is 2.10. The van der Waals surface area contributed by atoms with Crippen molar-refractivity contribution < 1.29 is 18.7 Å². The molecule has 0 fully saturated rings. The van der Waals surface area contributed by atoms with Crippen LogP contribution in [-0.4, -0.2) is 30.1 Å². The van der Waals surface area contributed by atoms with Crippen LogP contribution in [0.2, 0.25) is 0 Å². The molecule has 140 valence electrons. The number of aromatic nitrogens is 2. The number of nitrogens with one attached hydrogen (secondary N) is 2. The van der Waals surface area contributed by atoms with Gasteiger partial charge in [0.2, 0.25) is 0 Å². The van der Waals surface area contributed by atoms with Crippen LogP contribution in [0, 0.1) is 0 Å². The van der Waals surface area contributed by atoms with Gasteiger partial charge in [-0.25, -0.2) is 9.97 Å². The SMILES string of the molecule is COc1ccc(CNC(=O)c2cnc(NCc3ccco3)cn2)cc1OC. The number of amides is 1. The largest absolute Gasteiger partial charge is 0.493 e. The van der Waals surface area contributed by atoms with Crippen LogP contribution in [0.5, 0.6) is 11.5 Å². The van der Waals surface area contributed by atoms with Crippen molar-refractivity contribution in [2.75, 3.05) is 19.5 Å². The average Bonchev–Trinajstić information content (AvgIpc) is 3.24. The topological polar surface area (TPSA) is 98.5 Å². The molecule has 8 heteroatoms. The monoisotopic (exact) mass is 368 g/mol. The minimum absolute atomic E-state index is 0.235. The van der Waals surface area contributed by atoms with Crippen molar-refractivity contribution in [3.8, 4) is 11.5 Å². The minimum atomic E-state index is -0.310. The second-order valence-electron chi connectivity index (χ2n) is 5.59. The van der Waals surface area contributed by atoms with Crippen LogP contribution in [0.25, 0.3) is 0 Å².